The second-order valence-electron chi connectivity index (χ2n) is 4.86. The van der Waals surface area contributed by atoms with Crippen molar-refractivity contribution in [1.82, 2.24) is 0 Å². The highest BCUT2D eigenvalue weighted by Gasteiger charge is 2.13. The molecule has 0 spiro atoms. The summed E-state index contributed by atoms with van der Waals surface area (Å²) in [5.41, 5.74) is 3.56. The maximum atomic E-state index is 13.1. The highest BCUT2D eigenvalue weighted by atomic mass is 19.2. The van der Waals surface area contributed by atoms with Crippen LogP contribution in [0.25, 0.3) is 0 Å². The van der Waals surface area contributed by atoms with E-state index in [1.807, 2.05) is 32.9 Å². The van der Waals surface area contributed by atoms with Crippen molar-refractivity contribution >= 4 is 11.6 Å². The third-order valence-corrected chi connectivity index (χ3v) is 3.08. The SMILES string of the molecule is Cc1cc(C)c(C(=O)Nc2ccc(F)c(F)c2)c(C)c1. The van der Waals surface area contributed by atoms with E-state index < -0.39 is 11.6 Å². The summed E-state index contributed by atoms with van der Waals surface area (Å²) in [6.07, 6.45) is 0. The van der Waals surface area contributed by atoms with E-state index in [0.29, 0.717) is 5.56 Å². The molecule has 0 atom stereocenters. The Morgan fingerprint density at radius 3 is 2.10 bits per heavy atom. The minimum atomic E-state index is -0.986. The summed E-state index contributed by atoms with van der Waals surface area (Å²) in [4.78, 5) is 12.2. The van der Waals surface area contributed by atoms with Crippen LogP contribution in [0.4, 0.5) is 14.5 Å². The van der Waals surface area contributed by atoms with Gasteiger partial charge >= 0.3 is 0 Å². The second kappa shape index (κ2) is 5.41. The van der Waals surface area contributed by atoms with Crippen LogP contribution in [0.2, 0.25) is 0 Å². The normalized spacial score (nSPS) is 10.4. The van der Waals surface area contributed by atoms with E-state index in [0.717, 1.165) is 28.8 Å². The van der Waals surface area contributed by atoms with Gasteiger partial charge in [0.25, 0.3) is 5.91 Å². The fourth-order valence-corrected chi connectivity index (χ4v) is 2.31. The number of carbonyl (C=O) groups is 1. The van der Waals surface area contributed by atoms with Crippen LogP contribution < -0.4 is 5.32 Å². The Balaban J connectivity index is 2.31. The van der Waals surface area contributed by atoms with Crippen molar-refractivity contribution in [3.8, 4) is 0 Å². The minimum Gasteiger partial charge on any atom is -0.322 e. The standard InChI is InChI=1S/C16H15F2NO/c1-9-6-10(2)15(11(3)7-9)16(20)19-12-4-5-13(17)14(18)8-12/h4-8H,1-3H3,(H,19,20). The van der Waals surface area contributed by atoms with E-state index in [1.165, 1.54) is 6.07 Å². The van der Waals surface area contributed by atoms with Crippen LogP contribution >= 0.6 is 0 Å². The Morgan fingerprint density at radius 1 is 0.950 bits per heavy atom. The molecule has 4 heteroatoms. The number of aryl methyl sites for hydroxylation is 3. The molecule has 2 aromatic rings. The van der Waals surface area contributed by atoms with Gasteiger partial charge in [-0.25, -0.2) is 8.78 Å². The molecule has 1 amide bonds. The molecule has 0 heterocycles. The monoisotopic (exact) mass is 275 g/mol. The van der Waals surface area contributed by atoms with Crippen molar-refractivity contribution < 1.29 is 13.6 Å². The molecule has 1 N–H and O–H groups in total. The van der Waals surface area contributed by atoms with Gasteiger partial charge in [0.15, 0.2) is 11.6 Å². The van der Waals surface area contributed by atoms with Gasteiger partial charge in [0, 0.05) is 17.3 Å². The van der Waals surface area contributed by atoms with Gasteiger partial charge in [-0.05, 0) is 44.0 Å². The van der Waals surface area contributed by atoms with Crippen molar-refractivity contribution in [3.05, 3.63) is 64.2 Å². The summed E-state index contributed by atoms with van der Waals surface area (Å²) >= 11 is 0. The van der Waals surface area contributed by atoms with Gasteiger partial charge in [-0.3, -0.25) is 4.79 Å². The van der Waals surface area contributed by atoms with Crippen LogP contribution in [0.3, 0.4) is 0 Å². The Morgan fingerprint density at radius 2 is 1.55 bits per heavy atom. The summed E-state index contributed by atoms with van der Waals surface area (Å²) in [5.74, 6) is -2.25. The number of benzene rings is 2. The molecule has 0 saturated heterocycles. The van der Waals surface area contributed by atoms with Crippen molar-refractivity contribution in [2.75, 3.05) is 5.32 Å². The Bertz CT molecular complexity index is 657. The topological polar surface area (TPSA) is 29.1 Å². The van der Waals surface area contributed by atoms with E-state index in [1.54, 1.807) is 0 Å². The number of amides is 1. The number of nitrogens with one attached hydrogen (secondary N) is 1. The zero-order valence-electron chi connectivity index (χ0n) is 11.6. The zero-order chi connectivity index (χ0) is 14.9. The van der Waals surface area contributed by atoms with E-state index in [9.17, 15) is 13.6 Å². The van der Waals surface area contributed by atoms with Crippen LogP contribution in [-0.2, 0) is 0 Å². The highest BCUT2D eigenvalue weighted by molar-refractivity contribution is 6.06. The molecule has 2 nitrogen and oxygen atoms in total. The average Bonchev–Trinajstić information content (AvgIpc) is 2.32. The van der Waals surface area contributed by atoms with Crippen molar-refractivity contribution in [1.29, 1.82) is 0 Å². The molecule has 0 unspecified atom stereocenters. The third-order valence-electron chi connectivity index (χ3n) is 3.08. The van der Waals surface area contributed by atoms with Gasteiger partial charge in [-0.1, -0.05) is 17.7 Å². The molecule has 0 aromatic heterocycles. The van der Waals surface area contributed by atoms with Crippen LogP contribution in [0, 0.1) is 32.4 Å². The molecule has 0 radical (unpaired) electrons. The smallest absolute Gasteiger partial charge is 0.256 e. The molecule has 0 fully saturated rings. The minimum absolute atomic E-state index is 0.230. The number of halogens is 2. The predicted octanol–water partition coefficient (Wildman–Crippen LogP) is 4.14. The quantitative estimate of drug-likeness (QED) is 0.876. The molecular formula is C16H15F2NO. The van der Waals surface area contributed by atoms with Crippen LogP contribution in [0.15, 0.2) is 30.3 Å². The van der Waals surface area contributed by atoms with Crippen LogP contribution in [0.1, 0.15) is 27.0 Å². The summed E-state index contributed by atoms with van der Waals surface area (Å²) in [6.45, 7) is 5.65. The van der Waals surface area contributed by atoms with Gasteiger partial charge in [-0.2, -0.15) is 0 Å². The van der Waals surface area contributed by atoms with Crippen molar-refractivity contribution in [2.24, 2.45) is 0 Å². The Labute approximate surface area is 116 Å². The van der Waals surface area contributed by atoms with E-state index >= 15 is 0 Å². The lowest BCUT2D eigenvalue weighted by Gasteiger charge is -2.12. The molecule has 2 aromatic carbocycles. The molecular weight excluding hydrogens is 260 g/mol. The first-order chi connectivity index (χ1) is 9.38. The largest absolute Gasteiger partial charge is 0.322 e. The molecule has 104 valence electrons. The number of hydrogen-bond acceptors (Lipinski definition) is 1. The fraction of sp³-hybridized carbons (Fsp3) is 0.188. The van der Waals surface area contributed by atoms with Gasteiger partial charge in [-0.15, -0.1) is 0 Å². The Kier molecular flexibility index (Phi) is 3.84. The molecule has 0 bridgehead atoms. The first kappa shape index (κ1) is 14.2. The van der Waals surface area contributed by atoms with Crippen molar-refractivity contribution in [2.45, 2.75) is 20.8 Å². The number of anilines is 1. The molecule has 0 saturated carbocycles. The van der Waals surface area contributed by atoms with E-state index in [-0.39, 0.29) is 11.6 Å². The lowest BCUT2D eigenvalue weighted by molar-refractivity contribution is 0.102. The van der Waals surface area contributed by atoms with Crippen LogP contribution in [-0.4, -0.2) is 5.91 Å². The first-order valence-electron chi connectivity index (χ1n) is 6.22. The van der Waals surface area contributed by atoms with Gasteiger partial charge in [0.1, 0.15) is 0 Å². The number of hydrogen-bond donors (Lipinski definition) is 1. The molecule has 2 rings (SSSR count). The van der Waals surface area contributed by atoms with Crippen molar-refractivity contribution in [3.63, 3.8) is 0 Å². The molecule has 0 aliphatic heterocycles. The molecule has 20 heavy (non-hydrogen) atoms. The predicted molar refractivity (Wildman–Crippen MR) is 75.0 cm³/mol. The van der Waals surface area contributed by atoms with Gasteiger partial charge < -0.3 is 5.32 Å². The second-order valence-corrected chi connectivity index (χ2v) is 4.86. The maximum Gasteiger partial charge on any atom is 0.256 e. The highest BCUT2D eigenvalue weighted by Crippen LogP contribution is 2.19. The summed E-state index contributed by atoms with van der Waals surface area (Å²) in [6, 6.07) is 7.10. The summed E-state index contributed by atoms with van der Waals surface area (Å²) < 4.78 is 26.0. The summed E-state index contributed by atoms with van der Waals surface area (Å²) in [5, 5.41) is 2.58. The number of carbonyl (C=O) groups excluding carboxylic acids is 1. The maximum absolute atomic E-state index is 13.1. The van der Waals surface area contributed by atoms with Gasteiger partial charge in [0.2, 0.25) is 0 Å². The lowest BCUT2D eigenvalue weighted by atomic mass is 9.99. The Hall–Kier alpha value is -2.23. The number of rotatable bonds is 2. The summed E-state index contributed by atoms with van der Waals surface area (Å²) in [7, 11) is 0. The molecule has 0 aliphatic rings. The lowest BCUT2D eigenvalue weighted by Crippen LogP contribution is -2.15. The van der Waals surface area contributed by atoms with E-state index in [2.05, 4.69) is 5.32 Å². The first-order valence-corrected chi connectivity index (χ1v) is 6.22. The zero-order valence-corrected chi connectivity index (χ0v) is 11.6. The molecule has 0 aliphatic carbocycles. The third kappa shape index (κ3) is 2.85. The fourth-order valence-electron chi connectivity index (χ4n) is 2.31. The van der Waals surface area contributed by atoms with Gasteiger partial charge in [0.05, 0.1) is 0 Å². The van der Waals surface area contributed by atoms with Crippen LogP contribution in [0.5, 0.6) is 0 Å². The average molecular weight is 275 g/mol. The van der Waals surface area contributed by atoms with E-state index in [4.69, 9.17) is 0 Å².